The van der Waals surface area contributed by atoms with E-state index < -0.39 is 0 Å². The summed E-state index contributed by atoms with van der Waals surface area (Å²) in [4.78, 5) is 31.2. The first-order valence-electron chi connectivity index (χ1n) is 11.0. The summed E-state index contributed by atoms with van der Waals surface area (Å²) in [5, 5.41) is 0. The zero-order valence-corrected chi connectivity index (χ0v) is 17.5. The van der Waals surface area contributed by atoms with Gasteiger partial charge in [-0.05, 0) is 50.2 Å². The second-order valence-electron chi connectivity index (χ2n) is 8.40. The van der Waals surface area contributed by atoms with Gasteiger partial charge >= 0.3 is 0 Å². The molecule has 0 saturated carbocycles. The topological polar surface area (TPSA) is 62.2 Å². The van der Waals surface area contributed by atoms with Crippen LogP contribution in [0, 0.1) is 11.8 Å². The quantitative estimate of drug-likeness (QED) is 0.795. The van der Waals surface area contributed by atoms with Crippen molar-refractivity contribution in [2.45, 2.75) is 46.0 Å². The van der Waals surface area contributed by atoms with Crippen LogP contribution < -0.4 is 4.90 Å². The van der Waals surface area contributed by atoms with E-state index in [9.17, 15) is 4.79 Å². The van der Waals surface area contributed by atoms with Crippen LogP contribution in [0.15, 0.2) is 30.5 Å². The number of hydrogen-bond acceptors (Lipinski definition) is 5. The highest BCUT2D eigenvalue weighted by molar-refractivity contribution is 5.79. The van der Waals surface area contributed by atoms with Crippen molar-refractivity contribution in [1.82, 2.24) is 19.9 Å². The van der Waals surface area contributed by atoms with Crippen molar-refractivity contribution >= 4 is 11.7 Å². The molecule has 0 radical (unpaired) electrons. The second-order valence-corrected chi connectivity index (χ2v) is 8.40. The van der Waals surface area contributed by atoms with E-state index >= 15 is 0 Å². The van der Waals surface area contributed by atoms with E-state index in [0.717, 1.165) is 69.1 Å². The van der Waals surface area contributed by atoms with Crippen molar-refractivity contribution in [1.29, 1.82) is 0 Å². The molecule has 1 amide bonds. The Hall–Kier alpha value is -2.50. The smallest absolute Gasteiger partial charge is 0.225 e. The zero-order valence-electron chi connectivity index (χ0n) is 17.5. The van der Waals surface area contributed by atoms with Crippen LogP contribution in [0.25, 0.3) is 11.5 Å². The number of aromatic nitrogens is 3. The van der Waals surface area contributed by atoms with Crippen molar-refractivity contribution in [3.8, 4) is 11.5 Å². The van der Waals surface area contributed by atoms with Gasteiger partial charge in [-0.3, -0.25) is 9.78 Å². The van der Waals surface area contributed by atoms with E-state index in [4.69, 9.17) is 4.98 Å². The number of hydrogen-bond donors (Lipinski definition) is 0. The number of pyridine rings is 1. The Morgan fingerprint density at radius 1 is 1.14 bits per heavy atom. The standard InChI is InChI=1S/C23H31N5O/c1-3-19-15-21(26-22(25-19)20-8-4-5-11-24-20)27-13-9-18(10-14-27)23(29)28-12-6-7-17(2)16-28/h4-5,8,11,15,17-18H,3,6-7,9-10,12-14,16H2,1-2H3. The molecule has 1 atom stereocenters. The first-order chi connectivity index (χ1) is 14.1. The molecule has 4 rings (SSSR count). The SMILES string of the molecule is CCc1cc(N2CCC(C(=O)N3CCCC(C)C3)CC2)nc(-c2ccccn2)n1. The van der Waals surface area contributed by atoms with Gasteiger partial charge in [0.25, 0.3) is 0 Å². The van der Waals surface area contributed by atoms with Crippen LogP contribution in [0.1, 0.15) is 45.2 Å². The molecule has 29 heavy (non-hydrogen) atoms. The molecule has 1 unspecified atom stereocenters. The minimum absolute atomic E-state index is 0.152. The molecule has 0 bridgehead atoms. The fourth-order valence-electron chi connectivity index (χ4n) is 4.44. The maximum Gasteiger partial charge on any atom is 0.225 e. The summed E-state index contributed by atoms with van der Waals surface area (Å²) in [6, 6.07) is 7.89. The minimum atomic E-state index is 0.152. The Morgan fingerprint density at radius 3 is 2.66 bits per heavy atom. The molecular weight excluding hydrogens is 362 g/mol. The number of amides is 1. The predicted octanol–water partition coefficient (Wildman–Crippen LogP) is 3.58. The van der Waals surface area contributed by atoms with Crippen molar-refractivity contribution in [3.05, 3.63) is 36.2 Å². The Bertz CT molecular complexity index is 832. The number of carbonyl (C=O) groups is 1. The van der Waals surface area contributed by atoms with Gasteiger partial charge in [-0.25, -0.2) is 9.97 Å². The third-order valence-electron chi connectivity index (χ3n) is 6.16. The summed E-state index contributed by atoms with van der Waals surface area (Å²) in [5.41, 5.74) is 1.82. The highest BCUT2D eigenvalue weighted by Crippen LogP contribution is 2.27. The van der Waals surface area contributed by atoms with E-state index in [-0.39, 0.29) is 5.92 Å². The monoisotopic (exact) mass is 393 g/mol. The second kappa shape index (κ2) is 8.89. The van der Waals surface area contributed by atoms with Gasteiger partial charge in [-0.2, -0.15) is 0 Å². The minimum Gasteiger partial charge on any atom is -0.356 e. The number of carbonyl (C=O) groups excluding carboxylic acids is 1. The lowest BCUT2D eigenvalue weighted by Crippen LogP contribution is -2.46. The van der Waals surface area contributed by atoms with Gasteiger partial charge in [-0.15, -0.1) is 0 Å². The van der Waals surface area contributed by atoms with Crippen molar-refractivity contribution in [3.63, 3.8) is 0 Å². The van der Waals surface area contributed by atoms with Gasteiger partial charge in [0.2, 0.25) is 5.91 Å². The third-order valence-corrected chi connectivity index (χ3v) is 6.16. The molecule has 0 aromatic carbocycles. The van der Waals surface area contributed by atoms with Crippen molar-refractivity contribution in [2.75, 3.05) is 31.1 Å². The number of likely N-dealkylation sites (tertiary alicyclic amines) is 1. The molecule has 6 nitrogen and oxygen atoms in total. The molecule has 2 aromatic heterocycles. The van der Waals surface area contributed by atoms with E-state index in [1.807, 2.05) is 18.2 Å². The van der Waals surface area contributed by atoms with Crippen LogP contribution >= 0.6 is 0 Å². The molecule has 2 fully saturated rings. The first kappa shape index (κ1) is 19.8. The van der Waals surface area contributed by atoms with Gasteiger partial charge in [0.15, 0.2) is 5.82 Å². The van der Waals surface area contributed by atoms with Crippen molar-refractivity contribution < 1.29 is 4.79 Å². The fourth-order valence-corrected chi connectivity index (χ4v) is 4.44. The van der Waals surface area contributed by atoms with Crippen LogP contribution in [0.2, 0.25) is 0 Å². The lowest BCUT2D eigenvalue weighted by atomic mass is 9.92. The average Bonchev–Trinajstić information content (AvgIpc) is 2.79. The van der Waals surface area contributed by atoms with Gasteiger partial charge in [-0.1, -0.05) is 19.9 Å². The molecule has 6 heteroatoms. The normalized spacial score (nSPS) is 20.7. The zero-order chi connectivity index (χ0) is 20.2. The van der Waals surface area contributed by atoms with Crippen LogP contribution in [0.3, 0.4) is 0 Å². The fraction of sp³-hybridized carbons (Fsp3) is 0.565. The molecule has 0 spiro atoms. The number of piperidine rings is 2. The Morgan fingerprint density at radius 2 is 1.97 bits per heavy atom. The van der Waals surface area contributed by atoms with Crippen LogP contribution in [-0.2, 0) is 11.2 Å². The lowest BCUT2D eigenvalue weighted by Gasteiger charge is -2.37. The molecule has 0 N–H and O–H groups in total. The highest BCUT2D eigenvalue weighted by atomic mass is 16.2. The van der Waals surface area contributed by atoms with Crippen molar-refractivity contribution in [2.24, 2.45) is 11.8 Å². The van der Waals surface area contributed by atoms with Gasteiger partial charge < -0.3 is 9.80 Å². The summed E-state index contributed by atoms with van der Waals surface area (Å²) >= 11 is 0. The lowest BCUT2D eigenvalue weighted by molar-refractivity contribution is -0.137. The molecule has 2 aliphatic rings. The molecule has 0 aliphatic carbocycles. The van der Waals surface area contributed by atoms with E-state index in [1.165, 1.54) is 6.42 Å². The Balaban J connectivity index is 1.45. The van der Waals surface area contributed by atoms with Gasteiger partial charge in [0, 0.05) is 50.1 Å². The molecule has 2 aliphatic heterocycles. The Labute approximate surface area is 173 Å². The number of rotatable bonds is 4. The Kier molecular flexibility index (Phi) is 6.07. The third kappa shape index (κ3) is 4.57. The van der Waals surface area contributed by atoms with E-state index in [0.29, 0.717) is 17.6 Å². The molecule has 2 aromatic rings. The predicted molar refractivity (Wildman–Crippen MR) is 115 cm³/mol. The number of nitrogens with zero attached hydrogens (tertiary/aromatic N) is 5. The summed E-state index contributed by atoms with van der Waals surface area (Å²) in [7, 11) is 0. The largest absolute Gasteiger partial charge is 0.356 e. The maximum absolute atomic E-state index is 13.0. The summed E-state index contributed by atoms with van der Waals surface area (Å²) in [5.74, 6) is 2.78. The molecule has 2 saturated heterocycles. The highest BCUT2D eigenvalue weighted by Gasteiger charge is 2.31. The van der Waals surface area contributed by atoms with Gasteiger partial charge in [0.05, 0.1) is 0 Å². The first-order valence-corrected chi connectivity index (χ1v) is 11.0. The van der Waals surface area contributed by atoms with E-state index in [2.05, 4.69) is 39.7 Å². The molecule has 4 heterocycles. The molecule has 154 valence electrons. The molecular formula is C23H31N5O. The maximum atomic E-state index is 13.0. The van der Waals surface area contributed by atoms with Gasteiger partial charge in [0.1, 0.15) is 11.5 Å². The summed E-state index contributed by atoms with van der Waals surface area (Å²) in [6.45, 7) is 7.95. The number of anilines is 1. The van der Waals surface area contributed by atoms with Crippen LogP contribution in [-0.4, -0.2) is 51.9 Å². The number of aryl methyl sites for hydroxylation is 1. The summed E-state index contributed by atoms with van der Waals surface area (Å²) in [6.07, 6.45) is 6.81. The van der Waals surface area contributed by atoms with Crippen LogP contribution in [0.4, 0.5) is 5.82 Å². The average molecular weight is 394 g/mol. The van der Waals surface area contributed by atoms with E-state index in [1.54, 1.807) is 6.20 Å². The van der Waals surface area contributed by atoms with Crippen LogP contribution in [0.5, 0.6) is 0 Å². The summed E-state index contributed by atoms with van der Waals surface area (Å²) < 4.78 is 0.